The number of pyridine rings is 1. The number of aryl methyl sites for hydroxylation is 1. The van der Waals surface area contributed by atoms with Gasteiger partial charge in [0.15, 0.2) is 5.82 Å². The molecule has 4 atom stereocenters. The fraction of sp³-hybridized carbons (Fsp3) is 0.424. The molecule has 0 amide bonds. The van der Waals surface area contributed by atoms with Crippen LogP contribution in [-0.2, 0) is 13.6 Å². The van der Waals surface area contributed by atoms with E-state index in [1.165, 1.54) is 48.7 Å². The van der Waals surface area contributed by atoms with Crippen molar-refractivity contribution in [3.05, 3.63) is 57.6 Å². The topological polar surface area (TPSA) is 77.2 Å². The minimum atomic E-state index is -0.788. The van der Waals surface area contributed by atoms with Crippen LogP contribution in [0.5, 0.6) is 11.6 Å². The highest BCUT2D eigenvalue weighted by molar-refractivity contribution is 6.03. The number of benzene rings is 2. The van der Waals surface area contributed by atoms with Gasteiger partial charge >= 0.3 is 5.69 Å². The van der Waals surface area contributed by atoms with Crippen molar-refractivity contribution in [2.45, 2.75) is 70.7 Å². The third kappa shape index (κ3) is 3.84. The van der Waals surface area contributed by atoms with Crippen LogP contribution in [-0.4, -0.2) is 48.9 Å². The monoisotopic (exact) mass is 571 g/mol. The van der Waals surface area contributed by atoms with Gasteiger partial charge < -0.3 is 14.3 Å². The van der Waals surface area contributed by atoms with Gasteiger partial charge in [-0.05, 0) is 50.3 Å². The van der Waals surface area contributed by atoms with Gasteiger partial charge in [0.25, 0.3) is 0 Å². The Morgan fingerprint density at radius 2 is 1.90 bits per heavy atom. The normalized spacial score (nSPS) is 24.5. The molecule has 7 nitrogen and oxygen atoms in total. The van der Waals surface area contributed by atoms with Gasteiger partial charge in [0, 0.05) is 43.2 Å². The van der Waals surface area contributed by atoms with Crippen LogP contribution < -0.4 is 10.4 Å². The second kappa shape index (κ2) is 9.50. The summed E-state index contributed by atoms with van der Waals surface area (Å²) in [5, 5.41) is 11.6. The lowest BCUT2D eigenvalue weighted by molar-refractivity contribution is -0.966. The fourth-order valence-corrected chi connectivity index (χ4v) is 8.20. The molecule has 5 heterocycles. The maximum absolute atomic E-state index is 16.9. The van der Waals surface area contributed by atoms with E-state index in [4.69, 9.17) is 11.2 Å². The van der Waals surface area contributed by atoms with Crippen LogP contribution in [0, 0.1) is 29.9 Å². The van der Waals surface area contributed by atoms with Crippen LogP contribution in [0.3, 0.4) is 0 Å². The van der Waals surface area contributed by atoms with Crippen LogP contribution in [0.2, 0.25) is 0 Å². The predicted octanol–water partition coefficient (Wildman–Crippen LogP) is 5.56. The molecule has 3 fully saturated rings. The van der Waals surface area contributed by atoms with Crippen molar-refractivity contribution in [1.82, 2.24) is 14.5 Å². The molecule has 42 heavy (non-hydrogen) atoms. The smallest absolute Gasteiger partial charge is 0.348 e. The van der Waals surface area contributed by atoms with E-state index in [0.717, 1.165) is 30.3 Å². The molecule has 0 spiro atoms. The van der Waals surface area contributed by atoms with Gasteiger partial charge in [0.2, 0.25) is 5.88 Å². The summed E-state index contributed by atoms with van der Waals surface area (Å²) < 4.78 is 40.0. The zero-order valence-corrected chi connectivity index (χ0v) is 24.0. The number of phenolic OH excluding ortho intramolecular Hbond substituents is 1. The maximum atomic E-state index is 16.9. The van der Waals surface area contributed by atoms with Gasteiger partial charge in [0.1, 0.15) is 29.5 Å². The molecule has 216 valence electrons. The van der Waals surface area contributed by atoms with Crippen molar-refractivity contribution < 1.29 is 23.1 Å². The average Bonchev–Trinajstić information content (AvgIpc) is 3.41. The molecular weight excluding hydrogens is 538 g/mol. The zero-order valence-electron chi connectivity index (χ0n) is 24.0. The molecule has 1 N–H and O–H groups in total. The van der Waals surface area contributed by atoms with Crippen LogP contribution in [0.1, 0.15) is 57.2 Å². The second-order valence-corrected chi connectivity index (χ2v) is 12.5. The number of fused-ring (bicyclic) bond motifs is 3. The van der Waals surface area contributed by atoms with Crippen molar-refractivity contribution in [2.24, 2.45) is 13.0 Å². The third-order valence-corrected chi connectivity index (χ3v) is 9.86. The summed E-state index contributed by atoms with van der Waals surface area (Å²) in [5.41, 5.74) is -0.219. The highest BCUT2D eigenvalue weighted by Crippen LogP contribution is 2.52. The van der Waals surface area contributed by atoms with Crippen LogP contribution >= 0.6 is 0 Å². The number of terminal acetylenes is 1. The first-order valence-corrected chi connectivity index (χ1v) is 14.7. The maximum Gasteiger partial charge on any atom is 0.348 e. The molecule has 2 aromatic heterocycles. The first-order valence-electron chi connectivity index (χ1n) is 14.7. The fourth-order valence-electron chi connectivity index (χ4n) is 8.20. The summed E-state index contributed by atoms with van der Waals surface area (Å²) in [4.78, 5) is 22.5. The van der Waals surface area contributed by atoms with Crippen LogP contribution in [0.25, 0.3) is 32.9 Å². The minimum absolute atomic E-state index is 0.0131. The van der Waals surface area contributed by atoms with Crippen molar-refractivity contribution in [1.29, 1.82) is 0 Å². The SMILES string of the molecule is C#Cc1c(F)ccc2cc(O)cc(-c3nc(OC(C)C)c4c(C[N+]56CC7CCC5CCC6C7)nc(=O)n(C)c4c3F)c12. The summed E-state index contributed by atoms with van der Waals surface area (Å²) in [6.07, 6.45) is 11.3. The molecule has 3 saturated heterocycles. The number of aromatic hydroxyl groups is 1. The van der Waals surface area contributed by atoms with Gasteiger partial charge in [-0.25, -0.2) is 18.6 Å². The van der Waals surface area contributed by atoms with Crippen LogP contribution in [0.15, 0.2) is 29.1 Å². The van der Waals surface area contributed by atoms with Crippen molar-refractivity contribution in [2.75, 3.05) is 6.54 Å². The van der Waals surface area contributed by atoms with Gasteiger partial charge in [0.05, 0.1) is 41.2 Å². The minimum Gasteiger partial charge on any atom is -0.508 e. The van der Waals surface area contributed by atoms with E-state index in [1.54, 1.807) is 0 Å². The Labute approximate surface area is 242 Å². The number of ether oxygens (including phenoxy) is 1. The molecule has 2 bridgehead atoms. The zero-order chi connectivity index (χ0) is 29.5. The molecule has 9 heteroatoms. The highest BCUT2D eigenvalue weighted by atomic mass is 19.1. The van der Waals surface area contributed by atoms with E-state index in [9.17, 15) is 14.3 Å². The van der Waals surface area contributed by atoms with E-state index in [-0.39, 0.29) is 45.5 Å². The van der Waals surface area contributed by atoms with E-state index >= 15 is 4.39 Å². The average molecular weight is 572 g/mol. The first kappa shape index (κ1) is 26.8. The molecule has 0 saturated carbocycles. The Hall–Kier alpha value is -4.03. The van der Waals surface area contributed by atoms with Gasteiger partial charge in [-0.1, -0.05) is 12.0 Å². The molecule has 3 aliphatic rings. The Morgan fingerprint density at radius 3 is 2.67 bits per heavy atom. The molecule has 0 aliphatic carbocycles. The Bertz CT molecular complexity index is 1890. The van der Waals surface area contributed by atoms with Gasteiger partial charge in [-0.3, -0.25) is 4.57 Å². The number of aromatic nitrogens is 3. The number of hydrogen-bond donors (Lipinski definition) is 1. The molecule has 4 unspecified atom stereocenters. The van der Waals surface area contributed by atoms with E-state index in [0.29, 0.717) is 41.0 Å². The number of halogens is 2. The molecule has 3 aliphatic heterocycles. The lowest BCUT2D eigenvalue weighted by Gasteiger charge is -2.43. The van der Waals surface area contributed by atoms with E-state index in [1.807, 2.05) is 13.8 Å². The second-order valence-electron chi connectivity index (χ2n) is 12.5. The highest BCUT2D eigenvalue weighted by Gasteiger charge is 2.58. The standard InChI is InChI=1S/C33H32F2N4O3/c1-5-23-25(34)11-7-19-13-22(40)14-24(27(19)23)30-29(35)31-28(32(37-30)42-17(2)3)26(36-33(41)38(31)4)16-39-15-18-6-8-20(39)9-10-21(39)12-18/h1,7,11,13-14,17-18,20-21H,6,8-10,12,15-16H2,2-4H3/p+1. The summed E-state index contributed by atoms with van der Waals surface area (Å²) in [6.45, 7) is 5.27. The summed E-state index contributed by atoms with van der Waals surface area (Å²) in [7, 11) is 1.48. The Balaban J connectivity index is 1.53. The van der Waals surface area contributed by atoms with Crippen LogP contribution in [0.4, 0.5) is 8.78 Å². The number of piperidine rings is 1. The number of rotatable bonds is 5. The number of hydrogen-bond acceptors (Lipinski definition) is 5. The lowest BCUT2D eigenvalue weighted by atomic mass is 9.90. The van der Waals surface area contributed by atoms with Crippen molar-refractivity contribution >= 4 is 21.7 Å². The number of quaternary nitrogens is 1. The molecule has 7 rings (SSSR count). The summed E-state index contributed by atoms with van der Waals surface area (Å²) in [5.74, 6) is 1.58. The third-order valence-electron chi connectivity index (χ3n) is 9.86. The lowest BCUT2D eigenvalue weighted by Crippen LogP contribution is -2.55. The molecular formula is C33H33F2N4O3+. The summed E-state index contributed by atoms with van der Waals surface area (Å²) >= 11 is 0. The molecule has 0 radical (unpaired) electrons. The van der Waals surface area contributed by atoms with E-state index < -0.39 is 17.3 Å². The van der Waals surface area contributed by atoms with Gasteiger partial charge in [-0.15, -0.1) is 6.42 Å². The van der Waals surface area contributed by atoms with Gasteiger partial charge in [-0.2, -0.15) is 4.98 Å². The molecule has 2 aromatic carbocycles. The Morgan fingerprint density at radius 1 is 1.14 bits per heavy atom. The van der Waals surface area contributed by atoms with Crippen molar-refractivity contribution in [3.63, 3.8) is 0 Å². The first-order chi connectivity index (χ1) is 20.1. The summed E-state index contributed by atoms with van der Waals surface area (Å²) in [6, 6.07) is 6.47. The number of nitrogens with zero attached hydrogens (tertiary/aromatic N) is 4. The van der Waals surface area contributed by atoms with Crippen molar-refractivity contribution in [3.8, 4) is 35.2 Å². The number of phenols is 1. The largest absolute Gasteiger partial charge is 0.508 e. The quantitative estimate of drug-likeness (QED) is 0.251. The Kier molecular flexibility index (Phi) is 6.07. The predicted molar refractivity (Wildman–Crippen MR) is 156 cm³/mol. The molecule has 4 aromatic rings. The van der Waals surface area contributed by atoms with E-state index in [2.05, 4.69) is 15.9 Å².